The summed E-state index contributed by atoms with van der Waals surface area (Å²) in [6, 6.07) is 5.29. The van der Waals surface area contributed by atoms with E-state index in [-0.39, 0.29) is 28.8 Å². The number of imidazole rings is 1. The van der Waals surface area contributed by atoms with Crippen molar-refractivity contribution in [3.8, 4) is 0 Å². The van der Waals surface area contributed by atoms with Gasteiger partial charge < -0.3 is 9.47 Å². The summed E-state index contributed by atoms with van der Waals surface area (Å²) in [4.78, 5) is 18.8. The van der Waals surface area contributed by atoms with Crippen molar-refractivity contribution < 1.29 is 17.6 Å². The normalized spacial score (nSPS) is 14.5. The van der Waals surface area contributed by atoms with E-state index in [9.17, 15) is 17.6 Å². The Morgan fingerprint density at radius 2 is 1.83 bits per heavy atom. The topological polar surface area (TPSA) is 72.3 Å². The first-order valence-corrected chi connectivity index (χ1v) is 12.1. The van der Waals surface area contributed by atoms with Crippen LogP contribution in [0.15, 0.2) is 35.6 Å². The van der Waals surface area contributed by atoms with Crippen LogP contribution in [-0.4, -0.2) is 35.3 Å². The van der Waals surface area contributed by atoms with Gasteiger partial charge in [-0.05, 0) is 50.3 Å². The Morgan fingerprint density at radius 3 is 2.37 bits per heavy atom. The van der Waals surface area contributed by atoms with Crippen molar-refractivity contribution in [3.63, 3.8) is 0 Å². The number of sulfone groups is 1. The SMILES string of the molecule is CC(C)C(=O)N(Cc1cnc(S(=O)(=O)Cc2ccc(F)cc2)n1C(C)C)CC1CC1. The predicted octanol–water partition coefficient (Wildman–Crippen LogP) is 3.97. The summed E-state index contributed by atoms with van der Waals surface area (Å²) in [7, 11) is -3.74. The molecule has 0 spiro atoms. The van der Waals surface area contributed by atoms with E-state index < -0.39 is 15.7 Å². The number of rotatable bonds is 9. The predicted molar refractivity (Wildman–Crippen MR) is 113 cm³/mol. The van der Waals surface area contributed by atoms with Gasteiger partial charge in [0.25, 0.3) is 0 Å². The van der Waals surface area contributed by atoms with Gasteiger partial charge in [0.1, 0.15) is 5.82 Å². The maximum absolute atomic E-state index is 13.2. The third-order valence-corrected chi connectivity index (χ3v) is 6.81. The Bertz CT molecular complexity index is 993. The molecular weight excluding hydrogens is 405 g/mol. The number of halogens is 1. The van der Waals surface area contributed by atoms with E-state index in [0.717, 1.165) is 12.8 Å². The molecule has 1 aliphatic rings. The first-order valence-electron chi connectivity index (χ1n) is 10.4. The second kappa shape index (κ2) is 8.88. The number of hydrogen-bond donors (Lipinski definition) is 0. The summed E-state index contributed by atoms with van der Waals surface area (Å²) < 4.78 is 41.0. The van der Waals surface area contributed by atoms with Gasteiger partial charge >= 0.3 is 0 Å². The van der Waals surface area contributed by atoms with Crippen molar-refractivity contribution in [3.05, 3.63) is 47.5 Å². The zero-order valence-corrected chi connectivity index (χ0v) is 18.8. The summed E-state index contributed by atoms with van der Waals surface area (Å²) in [6.07, 6.45) is 3.82. The summed E-state index contributed by atoms with van der Waals surface area (Å²) >= 11 is 0. The molecule has 1 amide bonds. The Balaban J connectivity index is 1.90. The van der Waals surface area contributed by atoms with Gasteiger partial charge in [-0.25, -0.2) is 17.8 Å². The van der Waals surface area contributed by atoms with E-state index in [2.05, 4.69) is 4.98 Å². The van der Waals surface area contributed by atoms with Gasteiger partial charge in [0.05, 0.1) is 24.2 Å². The van der Waals surface area contributed by atoms with Crippen LogP contribution in [0.3, 0.4) is 0 Å². The van der Waals surface area contributed by atoms with Crippen LogP contribution in [0.25, 0.3) is 0 Å². The van der Waals surface area contributed by atoms with Crippen LogP contribution in [0, 0.1) is 17.7 Å². The second-order valence-electron chi connectivity index (χ2n) is 8.70. The number of hydrogen-bond acceptors (Lipinski definition) is 4. The lowest BCUT2D eigenvalue weighted by Gasteiger charge is -2.26. The smallest absolute Gasteiger partial charge is 0.228 e. The van der Waals surface area contributed by atoms with Crippen molar-refractivity contribution in [2.45, 2.75) is 64.0 Å². The molecule has 0 aliphatic heterocycles. The van der Waals surface area contributed by atoms with E-state index >= 15 is 0 Å². The maximum Gasteiger partial charge on any atom is 0.228 e. The molecule has 1 aromatic carbocycles. The van der Waals surface area contributed by atoms with Crippen LogP contribution < -0.4 is 0 Å². The second-order valence-corrected chi connectivity index (χ2v) is 10.6. The van der Waals surface area contributed by atoms with Gasteiger partial charge in [0.15, 0.2) is 0 Å². The summed E-state index contributed by atoms with van der Waals surface area (Å²) in [5.41, 5.74) is 1.21. The Labute approximate surface area is 178 Å². The molecule has 1 fully saturated rings. The van der Waals surface area contributed by atoms with Crippen molar-refractivity contribution in [2.24, 2.45) is 11.8 Å². The largest absolute Gasteiger partial charge is 0.336 e. The molecule has 0 bridgehead atoms. The minimum atomic E-state index is -3.74. The number of amides is 1. The van der Waals surface area contributed by atoms with Crippen molar-refractivity contribution in [1.82, 2.24) is 14.5 Å². The van der Waals surface area contributed by atoms with E-state index in [0.29, 0.717) is 30.3 Å². The Hall–Kier alpha value is -2.22. The molecule has 1 aromatic heterocycles. The highest BCUT2D eigenvalue weighted by atomic mass is 32.2. The number of carbonyl (C=O) groups is 1. The quantitative estimate of drug-likeness (QED) is 0.597. The average molecular weight is 436 g/mol. The Kier molecular flexibility index (Phi) is 6.65. The molecule has 1 heterocycles. The molecule has 0 N–H and O–H groups in total. The van der Waals surface area contributed by atoms with E-state index in [4.69, 9.17) is 0 Å². The van der Waals surface area contributed by atoms with Crippen molar-refractivity contribution in [1.29, 1.82) is 0 Å². The molecule has 3 rings (SSSR count). The highest BCUT2D eigenvalue weighted by Crippen LogP contribution is 2.31. The van der Waals surface area contributed by atoms with Gasteiger partial charge in [0, 0.05) is 18.5 Å². The van der Waals surface area contributed by atoms with Crippen LogP contribution in [0.5, 0.6) is 0 Å². The highest BCUT2D eigenvalue weighted by molar-refractivity contribution is 7.90. The van der Waals surface area contributed by atoms with Gasteiger partial charge in [-0.3, -0.25) is 4.79 Å². The average Bonchev–Trinajstić information content (AvgIpc) is 3.37. The van der Waals surface area contributed by atoms with E-state index in [1.807, 2.05) is 32.6 Å². The lowest BCUT2D eigenvalue weighted by atomic mass is 10.1. The molecule has 8 heteroatoms. The fourth-order valence-corrected chi connectivity index (χ4v) is 5.15. The van der Waals surface area contributed by atoms with Crippen LogP contribution in [0.4, 0.5) is 4.39 Å². The highest BCUT2D eigenvalue weighted by Gasteiger charge is 2.30. The van der Waals surface area contributed by atoms with Crippen molar-refractivity contribution in [2.75, 3.05) is 6.54 Å². The van der Waals surface area contributed by atoms with Gasteiger partial charge in [-0.1, -0.05) is 26.0 Å². The lowest BCUT2D eigenvalue weighted by Crippen LogP contribution is -2.36. The molecule has 0 saturated heterocycles. The maximum atomic E-state index is 13.2. The van der Waals surface area contributed by atoms with Gasteiger partial charge in [-0.15, -0.1) is 0 Å². The molecule has 0 unspecified atom stereocenters. The summed E-state index contributed by atoms with van der Waals surface area (Å²) in [5, 5.41) is -0.0137. The minimum absolute atomic E-state index is 0.0137. The Morgan fingerprint density at radius 1 is 1.20 bits per heavy atom. The number of nitrogens with zero attached hydrogens (tertiary/aromatic N) is 3. The lowest BCUT2D eigenvalue weighted by molar-refractivity contribution is -0.135. The molecule has 1 saturated carbocycles. The standard InChI is InChI=1S/C22H30FN3O3S/c1-15(2)21(27)25(12-17-5-6-17)13-20-11-24-22(26(20)16(3)4)30(28,29)14-18-7-9-19(23)10-8-18/h7-11,15-17H,5-6,12-14H2,1-4H3. The molecule has 30 heavy (non-hydrogen) atoms. The summed E-state index contributed by atoms with van der Waals surface area (Å²) in [6.45, 7) is 8.58. The first kappa shape index (κ1) is 22.5. The third kappa shape index (κ3) is 5.28. The van der Waals surface area contributed by atoms with Gasteiger partial charge in [-0.2, -0.15) is 0 Å². The fraction of sp³-hybridized carbons (Fsp3) is 0.545. The van der Waals surface area contributed by atoms with Crippen LogP contribution in [0.1, 0.15) is 57.8 Å². The number of aromatic nitrogens is 2. The molecule has 164 valence electrons. The monoisotopic (exact) mass is 435 g/mol. The van der Waals surface area contributed by atoms with Crippen molar-refractivity contribution >= 4 is 15.7 Å². The first-order chi connectivity index (χ1) is 14.1. The molecule has 6 nitrogen and oxygen atoms in total. The van der Waals surface area contributed by atoms with Crippen LogP contribution in [-0.2, 0) is 26.9 Å². The van der Waals surface area contributed by atoms with E-state index in [1.165, 1.54) is 24.3 Å². The van der Waals surface area contributed by atoms with Crippen LogP contribution >= 0.6 is 0 Å². The molecule has 0 atom stereocenters. The zero-order chi connectivity index (χ0) is 22.1. The van der Waals surface area contributed by atoms with Crippen LogP contribution in [0.2, 0.25) is 0 Å². The summed E-state index contributed by atoms with van der Waals surface area (Å²) in [5.74, 6) is -0.194. The fourth-order valence-electron chi connectivity index (χ4n) is 3.55. The third-order valence-electron chi connectivity index (χ3n) is 5.24. The minimum Gasteiger partial charge on any atom is -0.336 e. The van der Waals surface area contributed by atoms with E-state index in [1.54, 1.807) is 10.8 Å². The molecule has 2 aromatic rings. The number of benzene rings is 1. The zero-order valence-electron chi connectivity index (χ0n) is 18.0. The molecule has 1 aliphatic carbocycles. The molecule has 0 radical (unpaired) electrons. The number of carbonyl (C=O) groups excluding carboxylic acids is 1. The van der Waals surface area contributed by atoms with Gasteiger partial charge in [0.2, 0.25) is 20.9 Å². The molecular formula is C22H30FN3O3S.